The Morgan fingerprint density at radius 2 is 1.88 bits per heavy atom. The number of rotatable bonds is 6. The molecule has 0 aliphatic heterocycles. The highest BCUT2D eigenvalue weighted by molar-refractivity contribution is 6.02. The zero-order valence-electron chi connectivity index (χ0n) is 17.3. The standard InChI is InChI=1S/C23H17FN4O5/c1-32-19(29)12-28-20(14-6-3-2-4-7-14)25-11-17(23(28)31)26-21(30)18-13-33-22(27-18)15-8-5-9-16(24)10-15/h2-11,13H,12H2,1H3,(H,26,30). The highest BCUT2D eigenvalue weighted by Crippen LogP contribution is 2.20. The van der Waals surface area contributed by atoms with E-state index in [1.165, 1.54) is 31.5 Å². The molecule has 2 aromatic carbocycles. The smallest absolute Gasteiger partial charge is 0.325 e. The fraction of sp³-hybridized carbons (Fsp3) is 0.0870. The van der Waals surface area contributed by atoms with Gasteiger partial charge in [-0.25, -0.2) is 14.4 Å². The molecule has 0 fully saturated rings. The summed E-state index contributed by atoms with van der Waals surface area (Å²) in [5.74, 6) is -1.60. The van der Waals surface area contributed by atoms with Crippen molar-refractivity contribution in [2.75, 3.05) is 12.4 Å². The number of hydrogen-bond acceptors (Lipinski definition) is 7. The van der Waals surface area contributed by atoms with Crippen molar-refractivity contribution in [2.24, 2.45) is 0 Å². The van der Waals surface area contributed by atoms with E-state index in [-0.39, 0.29) is 23.1 Å². The van der Waals surface area contributed by atoms with Gasteiger partial charge in [-0.3, -0.25) is 19.0 Å². The second-order valence-electron chi connectivity index (χ2n) is 6.83. The van der Waals surface area contributed by atoms with Crippen molar-refractivity contribution in [3.63, 3.8) is 0 Å². The predicted octanol–water partition coefficient (Wildman–Crippen LogP) is 3.13. The topological polar surface area (TPSA) is 116 Å². The minimum absolute atomic E-state index is 0.0419. The van der Waals surface area contributed by atoms with Crippen LogP contribution in [0.15, 0.2) is 76.3 Å². The zero-order valence-corrected chi connectivity index (χ0v) is 17.3. The van der Waals surface area contributed by atoms with Crippen molar-refractivity contribution >= 4 is 17.6 Å². The third-order valence-corrected chi connectivity index (χ3v) is 4.65. The second-order valence-corrected chi connectivity index (χ2v) is 6.83. The molecule has 4 rings (SSSR count). The van der Waals surface area contributed by atoms with Crippen LogP contribution in [0.25, 0.3) is 22.8 Å². The molecular formula is C23H17FN4O5. The summed E-state index contributed by atoms with van der Waals surface area (Å²) in [6.07, 6.45) is 2.29. The molecule has 0 bridgehead atoms. The number of oxazole rings is 1. The van der Waals surface area contributed by atoms with Gasteiger partial charge in [-0.1, -0.05) is 36.4 Å². The average Bonchev–Trinajstić information content (AvgIpc) is 3.33. The normalized spacial score (nSPS) is 10.6. The van der Waals surface area contributed by atoms with E-state index in [0.717, 1.165) is 10.8 Å². The Kier molecular flexibility index (Phi) is 6.07. The molecule has 0 atom stereocenters. The minimum Gasteiger partial charge on any atom is -0.468 e. The quantitative estimate of drug-likeness (QED) is 0.451. The number of aromatic nitrogens is 3. The van der Waals surface area contributed by atoms with Crippen molar-refractivity contribution in [1.29, 1.82) is 0 Å². The molecule has 2 aromatic heterocycles. The Morgan fingerprint density at radius 3 is 2.61 bits per heavy atom. The first-order valence-electron chi connectivity index (χ1n) is 9.71. The summed E-state index contributed by atoms with van der Waals surface area (Å²) in [4.78, 5) is 45.9. The van der Waals surface area contributed by atoms with Crippen molar-refractivity contribution in [3.05, 3.63) is 88.9 Å². The monoisotopic (exact) mass is 448 g/mol. The Bertz CT molecular complexity index is 1380. The molecule has 9 nitrogen and oxygen atoms in total. The van der Waals surface area contributed by atoms with Gasteiger partial charge in [-0.15, -0.1) is 0 Å². The Balaban J connectivity index is 1.64. The van der Waals surface area contributed by atoms with Gasteiger partial charge in [0.1, 0.15) is 30.1 Å². The number of nitrogens with zero attached hydrogens (tertiary/aromatic N) is 3. The van der Waals surface area contributed by atoms with E-state index in [0.29, 0.717) is 11.1 Å². The fourth-order valence-electron chi connectivity index (χ4n) is 3.05. The number of carbonyl (C=O) groups excluding carboxylic acids is 2. The maximum Gasteiger partial charge on any atom is 0.325 e. The first-order valence-corrected chi connectivity index (χ1v) is 9.71. The Hall–Kier alpha value is -4.60. The van der Waals surface area contributed by atoms with Crippen LogP contribution in [0.4, 0.5) is 10.1 Å². The lowest BCUT2D eigenvalue weighted by atomic mass is 10.2. The van der Waals surface area contributed by atoms with Crippen molar-refractivity contribution in [3.8, 4) is 22.8 Å². The van der Waals surface area contributed by atoms with Crippen LogP contribution in [-0.4, -0.2) is 33.5 Å². The Morgan fingerprint density at radius 1 is 1.12 bits per heavy atom. The molecule has 166 valence electrons. The average molecular weight is 448 g/mol. The summed E-state index contributed by atoms with van der Waals surface area (Å²) < 4.78 is 24.5. The third-order valence-electron chi connectivity index (χ3n) is 4.65. The molecule has 0 saturated carbocycles. The van der Waals surface area contributed by atoms with Gasteiger partial charge in [0.2, 0.25) is 5.89 Å². The van der Waals surface area contributed by atoms with E-state index in [1.807, 2.05) is 0 Å². The van der Waals surface area contributed by atoms with Crippen molar-refractivity contribution in [2.45, 2.75) is 6.54 Å². The highest BCUT2D eigenvalue weighted by Gasteiger charge is 2.19. The number of nitrogens with one attached hydrogen (secondary N) is 1. The molecule has 1 amide bonds. The van der Waals surface area contributed by atoms with Crippen LogP contribution in [-0.2, 0) is 16.1 Å². The zero-order chi connectivity index (χ0) is 23.4. The number of esters is 1. The van der Waals surface area contributed by atoms with Crippen LogP contribution < -0.4 is 10.9 Å². The molecule has 0 spiro atoms. The van der Waals surface area contributed by atoms with E-state index in [4.69, 9.17) is 4.42 Å². The molecular weight excluding hydrogens is 431 g/mol. The molecule has 0 aliphatic rings. The minimum atomic E-state index is -0.739. The predicted molar refractivity (Wildman–Crippen MR) is 116 cm³/mol. The molecule has 0 radical (unpaired) electrons. The summed E-state index contributed by atoms with van der Waals surface area (Å²) in [7, 11) is 1.20. The second kappa shape index (κ2) is 9.27. The fourth-order valence-corrected chi connectivity index (χ4v) is 3.05. The number of methoxy groups -OCH3 is 1. The van der Waals surface area contributed by atoms with Crippen LogP contribution in [0.1, 0.15) is 10.5 Å². The van der Waals surface area contributed by atoms with E-state index < -0.39 is 29.8 Å². The van der Waals surface area contributed by atoms with E-state index >= 15 is 0 Å². The number of anilines is 1. The maximum absolute atomic E-state index is 13.4. The molecule has 33 heavy (non-hydrogen) atoms. The van der Waals surface area contributed by atoms with Gasteiger partial charge in [0.05, 0.1) is 13.3 Å². The van der Waals surface area contributed by atoms with Crippen LogP contribution >= 0.6 is 0 Å². The molecule has 0 aliphatic carbocycles. The molecule has 4 aromatic rings. The Labute approximate surface area is 186 Å². The number of carbonyl (C=O) groups is 2. The first kappa shape index (κ1) is 21.6. The molecule has 0 saturated heterocycles. The van der Waals surface area contributed by atoms with Crippen LogP contribution in [0, 0.1) is 5.82 Å². The third kappa shape index (κ3) is 4.69. The summed E-state index contributed by atoms with van der Waals surface area (Å²) in [5, 5.41) is 2.43. The van der Waals surface area contributed by atoms with Gasteiger partial charge in [-0.2, -0.15) is 0 Å². The maximum atomic E-state index is 13.4. The van der Waals surface area contributed by atoms with E-state index in [1.54, 1.807) is 36.4 Å². The molecule has 2 heterocycles. The molecule has 1 N–H and O–H groups in total. The van der Waals surface area contributed by atoms with E-state index in [2.05, 4.69) is 20.0 Å². The lowest BCUT2D eigenvalue weighted by molar-refractivity contribution is -0.141. The van der Waals surface area contributed by atoms with Crippen LogP contribution in [0.5, 0.6) is 0 Å². The van der Waals surface area contributed by atoms with E-state index in [9.17, 15) is 18.8 Å². The number of ether oxygens (including phenoxy) is 1. The van der Waals surface area contributed by atoms with Gasteiger partial charge in [-0.05, 0) is 18.2 Å². The number of benzene rings is 2. The van der Waals surface area contributed by atoms with Crippen LogP contribution in [0.2, 0.25) is 0 Å². The summed E-state index contributed by atoms with van der Waals surface area (Å²) in [6.45, 7) is -0.399. The number of amides is 1. The molecule has 0 unspecified atom stereocenters. The van der Waals surface area contributed by atoms with Gasteiger partial charge in [0.15, 0.2) is 5.69 Å². The number of hydrogen-bond donors (Lipinski definition) is 1. The first-order chi connectivity index (χ1) is 16.0. The SMILES string of the molecule is COC(=O)Cn1c(-c2ccccc2)ncc(NC(=O)c2coc(-c3cccc(F)c3)n2)c1=O. The lowest BCUT2D eigenvalue weighted by Crippen LogP contribution is -2.30. The number of halogens is 1. The van der Waals surface area contributed by atoms with Gasteiger partial charge in [0.25, 0.3) is 11.5 Å². The lowest BCUT2D eigenvalue weighted by Gasteiger charge is -2.13. The van der Waals surface area contributed by atoms with Gasteiger partial charge in [0, 0.05) is 11.1 Å². The summed E-state index contributed by atoms with van der Waals surface area (Å²) >= 11 is 0. The summed E-state index contributed by atoms with van der Waals surface area (Å²) in [5.41, 5.74) is 0.00615. The van der Waals surface area contributed by atoms with Gasteiger partial charge < -0.3 is 14.5 Å². The van der Waals surface area contributed by atoms with Gasteiger partial charge >= 0.3 is 5.97 Å². The van der Waals surface area contributed by atoms with Crippen LogP contribution in [0.3, 0.4) is 0 Å². The highest BCUT2D eigenvalue weighted by atomic mass is 19.1. The summed E-state index contributed by atoms with van der Waals surface area (Å²) in [6, 6.07) is 14.3. The largest absolute Gasteiger partial charge is 0.468 e. The molecule has 10 heteroatoms. The van der Waals surface area contributed by atoms with Crippen molar-refractivity contribution in [1.82, 2.24) is 14.5 Å². The van der Waals surface area contributed by atoms with Crippen molar-refractivity contribution < 1.29 is 23.1 Å².